The average Bonchev–Trinajstić information content (AvgIpc) is 3.16. The van der Waals surface area contributed by atoms with Gasteiger partial charge < -0.3 is 29.8 Å². The van der Waals surface area contributed by atoms with Gasteiger partial charge in [-0.05, 0) is 35.9 Å². The summed E-state index contributed by atoms with van der Waals surface area (Å²) < 4.78 is 11.1. The lowest BCUT2D eigenvalue weighted by molar-refractivity contribution is -0.133. The molecule has 1 atom stereocenters. The predicted octanol–water partition coefficient (Wildman–Crippen LogP) is 3.38. The molecule has 0 fully saturated rings. The molecule has 1 aromatic heterocycles. The van der Waals surface area contributed by atoms with Gasteiger partial charge in [-0.25, -0.2) is 4.79 Å². The van der Waals surface area contributed by atoms with Crippen LogP contribution in [-0.4, -0.2) is 49.3 Å². The number of likely N-dealkylation sites (N-methyl/N-ethyl adjacent to an activating group) is 1. The van der Waals surface area contributed by atoms with Gasteiger partial charge in [-0.2, -0.15) is 0 Å². The smallest absolute Gasteiger partial charge is 0.330 e. The number of aliphatic hydroxyl groups excluding tert-OH is 1. The minimum atomic E-state index is -0.672. The number of carbonyl (C=O) groups excluding carboxylic acids is 1. The van der Waals surface area contributed by atoms with Gasteiger partial charge in [0, 0.05) is 42.5 Å². The number of aromatic nitrogens is 1. The first-order valence-corrected chi connectivity index (χ1v) is 10.7. The third-order valence-electron chi connectivity index (χ3n) is 5.73. The summed E-state index contributed by atoms with van der Waals surface area (Å²) in [4.78, 5) is 16.8. The normalized spacial score (nSPS) is 14.4. The van der Waals surface area contributed by atoms with Crippen LogP contribution in [0.3, 0.4) is 0 Å². The second-order valence-electron chi connectivity index (χ2n) is 8.00. The first-order valence-electron chi connectivity index (χ1n) is 10.7. The van der Waals surface area contributed by atoms with Crippen molar-refractivity contribution in [3.63, 3.8) is 0 Å². The molecule has 0 amide bonds. The van der Waals surface area contributed by atoms with Crippen molar-refractivity contribution >= 4 is 33.5 Å². The van der Waals surface area contributed by atoms with Crippen LogP contribution in [0.5, 0.6) is 11.5 Å². The van der Waals surface area contributed by atoms with Crippen molar-refractivity contribution in [3.05, 3.63) is 66.2 Å². The number of anilines is 1. The molecular formula is C25H25N3O4. The van der Waals surface area contributed by atoms with E-state index in [1.165, 1.54) is 10.8 Å². The van der Waals surface area contributed by atoms with Gasteiger partial charge in [0.15, 0.2) is 5.75 Å². The number of fused-ring (bicyclic) bond motifs is 4. The lowest BCUT2D eigenvalue weighted by atomic mass is 10.1. The van der Waals surface area contributed by atoms with Crippen molar-refractivity contribution in [2.45, 2.75) is 6.10 Å². The molecule has 2 heterocycles. The number of hydrogen-bond donors (Lipinski definition) is 3. The molecule has 7 heteroatoms. The van der Waals surface area contributed by atoms with Crippen LogP contribution in [0.4, 0.5) is 5.69 Å². The summed E-state index contributed by atoms with van der Waals surface area (Å²) in [5.74, 6) is 1.05. The predicted molar refractivity (Wildman–Crippen MR) is 124 cm³/mol. The van der Waals surface area contributed by atoms with Crippen molar-refractivity contribution < 1.29 is 19.4 Å². The molecule has 0 bridgehead atoms. The van der Waals surface area contributed by atoms with Gasteiger partial charge in [0.1, 0.15) is 18.9 Å². The summed E-state index contributed by atoms with van der Waals surface area (Å²) in [5, 5.41) is 16.1. The zero-order valence-electron chi connectivity index (χ0n) is 17.8. The largest absolute Gasteiger partial charge is 0.492 e. The summed E-state index contributed by atoms with van der Waals surface area (Å²) in [7, 11) is 1.83. The zero-order chi connectivity index (χ0) is 22.1. The van der Waals surface area contributed by atoms with Crippen LogP contribution in [0.15, 0.2) is 60.7 Å². The second kappa shape index (κ2) is 8.53. The van der Waals surface area contributed by atoms with Crippen molar-refractivity contribution in [1.29, 1.82) is 0 Å². The van der Waals surface area contributed by atoms with Gasteiger partial charge in [0.2, 0.25) is 0 Å². The Morgan fingerprint density at radius 3 is 2.88 bits per heavy atom. The van der Waals surface area contributed by atoms with E-state index in [4.69, 9.17) is 9.47 Å². The summed E-state index contributed by atoms with van der Waals surface area (Å²) in [6.07, 6.45) is -0.672. The molecule has 1 aliphatic rings. The molecule has 164 valence electrons. The Labute approximate surface area is 185 Å². The Morgan fingerprint density at radius 2 is 1.97 bits per heavy atom. The van der Waals surface area contributed by atoms with Crippen LogP contribution in [0.25, 0.3) is 21.8 Å². The summed E-state index contributed by atoms with van der Waals surface area (Å²) in [6, 6.07) is 19.7. The highest BCUT2D eigenvalue weighted by Crippen LogP contribution is 2.33. The number of esters is 1. The molecule has 0 spiro atoms. The minimum Gasteiger partial charge on any atom is -0.492 e. The van der Waals surface area contributed by atoms with E-state index < -0.39 is 6.10 Å². The Balaban J connectivity index is 1.13. The van der Waals surface area contributed by atoms with Gasteiger partial charge in [-0.3, -0.25) is 0 Å². The lowest BCUT2D eigenvalue weighted by Crippen LogP contribution is -2.33. The molecule has 7 nitrogen and oxygen atoms in total. The molecule has 1 aliphatic heterocycles. The number of nitrogens with zero attached hydrogens (tertiary/aromatic N) is 1. The molecular weight excluding hydrogens is 406 g/mol. The van der Waals surface area contributed by atoms with Crippen molar-refractivity contribution in [2.24, 2.45) is 0 Å². The maximum absolute atomic E-state index is 11.5. The van der Waals surface area contributed by atoms with E-state index in [0.717, 1.165) is 28.0 Å². The quantitative estimate of drug-likeness (QED) is 0.236. The van der Waals surface area contributed by atoms with E-state index in [0.29, 0.717) is 25.4 Å². The molecule has 4 aromatic rings. The zero-order valence-corrected chi connectivity index (χ0v) is 17.8. The number of carbonyl (C=O) groups is 1. The van der Waals surface area contributed by atoms with E-state index in [2.05, 4.69) is 28.5 Å². The molecule has 0 saturated heterocycles. The number of aliphatic hydroxyl groups is 1. The van der Waals surface area contributed by atoms with E-state index in [1.54, 1.807) is 12.1 Å². The molecule has 3 N–H and O–H groups in total. The maximum Gasteiger partial charge on any atom is 0.330 e. The second-order valence-corrected chi connectivity index (χ2v) is 8.00. The van der Waals surface area contributed by atoms with Gasteiger partial charge in [0.25, 0.3) is 0 Å². The molecule has 32 heavy (non-hydrogen) atoms. The van der Waals surface area contributed by atoms with Crippen molar-refractivity contribution in [1.82, 2.24) is 10.3 Å². The lowest BCUT2D eigenvalue weighted by Gasteiger charge is -2.27. The summed E-state index contributed by atoms with van der Waals surface area (Å²) in [6.45, 7) is 1.69. The van der Waals surface area contributed by atoms with Crippen molar-refractivity contribution in [2.75, 3.05) is 38.2 Å². The average molecular weight is 431 g/mol. The molecule has 3 aromatic carbocycles. The number of para-hydroxylation sites is 1. The van der Waals surface area contributed by atoms with Crippen LogP contribution in [0.1, 0.15) is 11.7 Å². The molecule has 1 unspecified atom stereocenters. The third-order valence-corrected chi connectivity index (χ3v) is 5.73. The number of benzene rings is 3. The number of H-pyrrole nitrogens is 1. The van der Waals surface area contributed by atoms with Gasteiger partial charge in [-0.15, -0.1) is 0 Å². The fourth-order valence-electron chi connectivity index (χ4n) is 4.08. The number of rotatable bonds is 7. The number of hydrogen-bond acceptors (Lipinski definition) is 6. The SMILES string of the molecule is CN1CC(=O)Oc2ccc(C(O)CNCCOc3ccc4c(c3)[nH]c3ccccc34)cc21. The standard InChI is InChI=1S/C25H25N3O4/c1-28-15-25(30)32-24-9-6-16(12-22(24)28)23(29)14-26-10-11-31-17-7-8-19-18-4-2-3-5-20(18)27-21(19)13-17/h2-9,12-13,23,26-27,29H,10-11,14-15H2,1H3. The Kier molecular flexibility index (Phi) is 5.43. The fraction of sp³-hybridized carbons (Fsp3) is 0.240. The molecule has 5 rings (SSSR count). The van der Waals surface area contributed by atoms with Gasteiger partial charge >= 0.3 is 5.97 Å². The highest BCUT2D eigenvalue weighted by atomic mass is 16.5. The van der Waals surface area contributed by atoms with Gasteiger partial charge in [0.05, 0.1) is 17.3 Å². The highest BCUT2D eigenvalue weighted by molar-refractivity contribution is 6.07. The first kappa shape index (κ1) is 20.4. The summed E-state index contributed by atoms with van der Waals surface area (Å²) in [5.41, 5.74) is 3.74. The van der Waals surface area contributed by atoms with Crippen LogP contribution in [0.2, 0.25) is 0 Å². The Morgan fingerprint density at radius 1 is 1.12 bits per heavy atom. The van der Waals surface area contributed by atoms with Crippen LogP contribution >= 0.6 is 0 Å². The maximum atomic E-state index is 11.5. The number of ether oxygens (including phenoxy) is 2. The fourth-order valence-corrected chi connectivity index (χ4v) is 4.08. The van der Waals surface area contributed by atoms with E-state index in [1.807, 2.05) is 42.3 Å². The van der Waals surface area contributed by atoms with Crippen LogP contribution in [-0.2, 0) is 4.79 Å². The van der Waals surface area contributed by atoms with E-state index >= 15 is 0 Å². The molecule has 0 aliphatic carbocycles. The third kappa shape index (κ3) is 4.00. The Bertz CT molecular complexity index is 1280. The topological polar surface area (TPSA) is 86.8 Å². The van der Waals surface area contributed by atoms with Crippen molar-refractivity contribution in [3.8, 4) is 11.5 Å². The molecule has 0 radical (unpaired) electrons. The Hall–Kier alpha value is -3.55. The van der Waals surface area contributed by atoms with Gasteiger partial charge in [-0.1, -0.05) is 24.3 Å². The first-order chi connectivity index (χ1) is 15.6. The number of aromatic amines is 1. The van der Waals surface area contributed by atoms with E-state index in [-0.39, 0.29) is 12.5 Å². The summed E-state index contributed by atoms with van der Waals surface area (Å²) >= 11 is 0. The number of nitrogens with one attached hydrogen (secondary N) is 2. The van der Waals surface area contributed by atoms with Crippen LogP contribution < -0.4 is 19.7 Å². The minimum absolute atomic E-state index is 0.201. The monoisotopic (exact) mass is 431 g/mol. The molecule has 0 saturated carbocycles. The van der Waals surface area contributed by atoms with E-state index in [9.17, 15) is 9.90 Å². The highest BCUT2D eigenvalue weighted by Gasteiger charge is 2.22. The van der Waals surface area contributed by atoms with Crippen LogP contribution in [0, 0.1) is 0 Å².